The van der Waals surface area contributed by atoms with Crippen LogP contribution in [-0.4, -0.2) is 14.0 Å². The topological polar surface area (TPSA) is 39.3 Å². The van der Waals surface area contributed by atoms with Gasteiger partial charge in [-0.15, -0.1) is 0 Å². The number of para-hydroxylation sites is 1. The molecule has 6 rings (SSSR count). The Morgan fingerprint density at radius 2 is 1.75 bits per heavy atom. The van der Waals surface area contributed by atoms with Gasteiger partial charge in [-0.25, -0.2) is 9.38 Å². The maximum absolute atomic E-state index is 13.4. The minimum Gasteiger partial charge on any atom is -0.342 e. The number of benzene rings is 3. The molecule has 0 aliphatic rings. The Labute approximate surface area is 207 Å². The fourth-order valence-corrected chi connectivity index (χ4v) is 5.60. The number of nitrogens with zero attached hydrogens (tertiary/aromatic N) is 3. The highest BCUT2D eigenvalue weighted by molar-refractivity contribution is 7.15. The summed E-state index contributed by atoms with van der Waals surface area (Å²) in [5.41, 5.74) is 5.27. The Morgan fingerprint density at radius 3 is 2.56 bits per heavy atom. The third-order valence-electron chi connectivity index (χ3n) is 6.57. The second-order valence-corrected chi connectivity index (χ2v) is 10.0. The molecule has 3 aromatic heterocycles. The van der Waals surface area contributed by atoms with E-state index in [1.165, 1.54) is 23.5 Å². The molecule has 0 unspecified atom stereocenters. The summed E-state index contributed by atoms with van der Waals surface area (Å²) in [5.74, 6) is 0. The summed E-state index contributed by atoms with van der Waals surface area (Å²) in [6.07, 6.45) is -0.658. The van der Waals surface area contributed by atoms with E-state index in [1.54, 1.807) is 10.5 Å². The van der Waals surface area contributed by atoms with Crippen molar-refractivity contribution >= 4 is 44.3 Å². The van der Waals surface area contributed by atoms with Crippen molar-refractivity contribution in [1.29, 1.82) is 0 Å². The maximum Gasteiger partial charge on any atom is 0.416 e. The summed E-state index contributed by atoms with van der Waals surface area (Å²) >= 11 is 1.33. The van der Waals surface area contributed by atoms with Crippen molar-refractivity contribution in [1.82, 2.24) is 14.0 Å². The number of imidazole rings is 1. The summed E-state index contributed by atoms with van der Waals surface area (Å²) in [5, 5.41) is 0.922. The maximum atomic E-state index is 13.4. The van der Waals surface area contributed by atoms with E-state index in [9.17, 15) is 18.0 Å². The number of hydrogen-bond donors (Lipinski definition) is 0. The van der Waals surface area contributed by atoms with Gasteiger partial charge in [0.1, 0.15) is 0 Å². The van der Waals surface area contributed by atoms with Crippen LogP contribution in [0.1, 0.15) is 27.8 Å². The first-order chi connectivity index (χ1) is 17.2. The lowest BCUT2D eigenvalue weighted by atomic mass is 10.1. The molecule has 8 heteroatoms. The molecule has 3 heterocycles. The average Bonchev–Trinajstić information content (AvgIpc) is 3.46. The van der Waals surface area contributed by atoms with Gasteiger partial charge in [0, 0.05) is 29.2 Å². The zero-order valence-corrected chi connectivity index (χ0v) is 20.2. The number of aromatic nitrogens is 3. The molecule has 180 valence electrons. The second kappa shape index (κ2) is 8.06. The van der Waals surface area contributed by atoms with Crippen LogP contribution in [-0.2, 0) is 12.7 Å². The van der Waals surface area contributed by atoms with Crippen molar-refractivity contribution in [2.24, 2.45) is 0 Å². The highest BCUT2D eigenvalue weighted by atomic mass is 32.1. The molecular formula is C28H20F3N3OS. The third-order valence-corrected chi connectivity index (χ3v) is 7.54. The molecule has 6 aromatic rings. The molecule has 36 heavy (non-hydrogen) atoms. The van der Waals surface area contributed by atoms with Crippen LogP contribution >= 0.6 is 11.3 Å². The van der Waals surface area contributed by atoms with Crippen LogP contribution in [0.5, 0.6) is 0 Å². The predicted molar refractivity (Wildman–Crippen MR) is 138 cm³/mol. The van der Waals surface area contributed by atoms with Gasteiger partial charge in [0.2, 0.25) is 0 Å². The number of halogens is 3. The van der Waals surface area contributed by atoms with E-state index in [2.05, 4.69) is 4.98 Å². The Kier molecular flexibility index (Phi) is 5.05. The van der Waals surface area contributed by atoms with Crippen molar-refractivity contribution in [2.45, 2.75) is 26.6 Å². The van der Waals surface area contributed by atoms with Crippen LogP contribution in [0, 0.1) is 13.8 Å². The molecule has 0 atom stereocenters. The summed E-state index contributed by atoms with van der Waals surface area (Å²) in [4.78, 5) is 18.7. The van der Waals surface area contributed by atoms with Gasteiger partial charge < -0.3 is 4.57 Å². The summed E-state index contributed by atoms with van der Waals surface area (Å²) in [7, 11) is 0. The van der Waals surface area contributed by atoms with Crippen molar-refractivity contribution in [3.8, 4) is 0 Å². The highest BCUT2D eigenvalue weighted by Gasteiger charge is 2.30. The van der Waals surface area contributed by atoms with Gasteiger partial charge in [0.15, 0.2) is 4.96 Å². The van der Waals surface area contributed by atoms with Crippen molar-refractivity contribution < 1.29 is 13.2 Å². The standard InChI is InChI=1S/C28H20F3N3OS/c1-16-10-22-24(11-17(16)2)34-26(35)25(36-27(34)32-22)13-19-15-33(23-9-4-3-8-21(19)23)14-18-6-5-7-20(12-18)28(29,30)31/h3-13,15H,14H2,1-2H3. The molecule has 0 aliphatic carbocycles. The lowest BCUT2D eigenvalue weighted by molar-refractivity contribution is -0.137. The number of fused-ring (bicyclic) bond motifs is 4. The molecule has 0 aliphatic heterocycles. The molecule has 0 N–H and O–H groups in total. The Morgan fingerprint density at radius 1 is 0.972 bits per heavy atom. The smallest absolute Gasteiger partial charge is 0.342 e. The number of rotatable bonds is 3. The van der Waals surface area contributed by atoms with Crippen LogP contribution in [0.3, 0.4) is 0 Å². The normalized spacial score (nSPS) is 13.0. The quantitative estimate of drug-likeness (QED) is 0.293. The molecule has 0 radical (unpaired) electrons. The fourth-order valence-electron chi connectivity index (χ4n) is 4.62. The van der Waals surface area contributed by atoms with E-state index in [0.717, 1.165) is 44.7 Å². The third kappa shape index (κ3) is 3.69. The van der Waals surface area contributed by atoms with Crippen molar-refractivity contribution in [3.63, 3.8) is 0 Å². The Bertz CT molecular complexity index is 1910. The van der Waals surface area contributed by atoms with E-state index in [0.29, 0.717) is 15.1 Å². The molecule has 0 amide bonds. The molecule has 3 aromatic carbocycles. The van der Waals surface area contributed by atoms with E-state index in [1.807, 2.05) is 67.1 Å². The minimum atomic E-state index is -4.39. The van der Waals surface area contributed by atoms with Crippen LogP contribution in [0.4, 0.5) is 13.2 Å². The minimum absolute atomic E-state index is 0.129. The zero-order valence-electron chi connectivity index (χ0n) is 19.4. The van der Waals surface area contributed by atoms with Gasteiger partial charge in [-0.2, -0.15) is 13.2 Å². The Balaban J connectivity index is 1.48. The number of hydrogen-bond acceptors (Lipinski definition) is 3. The van der Waals surface area contributed by atoms with Crippen molar-refractivity contribution in [3.05, 3.63) is 110 Å². The zero-order chi connectivity index (χ0) is 25.2. The fraction of sp³-hybridized carbons (Fsp3) is 0.143. The van der Waals surface area contributed by atoms with Crippen LogP contribution in [0.2, 0.25) is 0 Å². The molecule has 0 fully saturated rings. The number of alkyl halides is 3. The summed E-state index contributed by atoms with van der Waals surface area (Å²) in [6.45, 7) is 4.31. The first-order valence-corrected chi connectivity index (χ1v) is 12.2. The SMILES string of the molecule is Cc1cc2nc3sc(=Cc4cn(Cc5cccc(C(F)(F)F)c5)c5ccccc45)c(=O)n3c2cc1C. The Hall–Kier alpha value is -3.91. The van der Waals surface area contributed by atoms with Crippen LogP contribution < -0.4 is 10.1 Å². The molecule has 0 spiro atoms. The van der Waals surface area contributed by atoms with Gasteiger partial charge in [-0.05, 0) is 66.9 Å². The summed E-state index contributed by atoms with van der Waals surface area (Å²) < 4.78 is 43.7. The molecule has 0 saturated carbocycles. The van der Waals surface area contributed by atoms with Gasteiger partial charge in [-0.1, -0.05) is 41.7 Å². The van der Waals surface area contributed by atoms with E-state index in [-0.39, 0.29) is 12.1 Å². The van der Waals surface area contributed by atoms with Crippen LogP contribution in [0.15, 0.2) is 71.7 Å². The molecule has 0 saturated heterocycles. The number of thiazole rings is 1. The van der Waals surface area contributed by atoms with Gasteiger partial charge in [0.05, 0.1) is 21.1 Å². The average molecular weight is 504 g/mol. The molecular weight excluding hydrogens is 483 g/mol. The highest BCUT2D eigenvalue weighted by Crippen LogP contribution is 2.30. The summed E-state index contributed by atoms with van der Waals surface area (Å²) in [6, 6.07) is 17.0. The van der Waals surface area contributed by atoms with E-state index >= 15 is 0 Å². The first kappa shape index (κ1) is 22.5. The van der Waals surface area contributed by atoms with Crippen molar-refractivity contribution in [2.75, 3.05) is 0 Å². The van der Waals surface area contributed by atoms with E-state index < -0.39 is 11.7 Å². The molecule has 0 bridgehead atoms. The molecule has 4 nitrogen and oxygen atoms in total. The van der Waals surface area contributed by atoms with Gasteiger partial charge in [-0.3, -0.25) is 4.79 Å². The number of aryl methyl sites for hydroxylation is 2. The lowest BCUT2D eigenvalue weighted by Gasteiger charge is -2.10. The van der Waals surface area contributed by atoms with Gasteiger partial charge >= 0.3 is 6.18 Å². The second-order valence-electron chi connectivity index (χ2n) is 9.00. The van der Waals surface area contributed by atoms with E-state index in [4.69, 9.17) is 0 Å². The predicted octanol–water partition coefficient (Wildman–Crippen LogP) is 6.10. The van der Waals surface area contributed by atoms with Gasteiger partial charge in [0.25, 0.3) is 5.56 Å². The monoisotopic (exact) mass is 503 g/mol. The van der Waals surface area contributed by atoms with Crippen LogP contribution in [0.25, 0.3) is 33.0 Å². The lowest BCUT2D eigenvalue weighted by Crippen LogP contribution is -2.22. The largest absolute Gasteiger partial charge is 0.416 e. The first-order valence-electron chi connectivity index (χ1n) is 11.4.